The van der Waals surface area contributed by atoms with Gasteiger partial charge in [0, 0.05) is 0 Å². The van der Waals surface area contributed by atoms with Crippen molar-refractivity contribution in [3.63, 3.8) is 0 Å². The predicted octanol–water partition coefficient (Wildman–Crippen LogP) is 3.48. The number of carbonyl (C=O) groups is 1. The first kappa shape index (κ1) is 21.0. The van der Waals surface area contributed by atoms with Crippen LogP contribution in [0.15, 0.2) is 29.3 Å². The van der Waals surface area contributed by atoms with Gasteiger partial charge in [-0.15, -0.1) is 11.3 Å². The van der Waals surface area contributed by atoms with E-state index in [0.717, 1.165) is 11.3 Å². The Morgan fingerprint density at radius 2 is 1.96 bits per heavy atom. The minimum atomic E-state index is -3.58. The number of aromatic nitrogens is 1. The molecule has 150 valence electrons. The van der Waals surface area contributed by atoms with E-state index in [1.54, 1.807) is 25.1 Å². The number of nitrogens with one attached hydrogen (secondary N) is 1. The molecule has 1 aliphatic rings. The minimum Gasteiger partial charge on any atom is -0.386 e. The largest absolute Gasteiger partial charge is 0.386 e. The first-order valence-corrected chi connectivity index (χ1v) is 11.4. The van der Waals surface area contributed by atoms with E-state index in [9.17, 15) is 13.2 Å². The van der Waals surface area contributed by atoms with Crippen molar-refractivity contribution < 1.29 is 13.2 Å². The standard InChI is InChI=1S/C17H18Cl2N4O3S2/c1-16(2)15(20)23-17(3,8-28(16,25)26)13-9(18)7-10(27-13)14(24)22-12-6-4-5-11(19)21-12/h4-7H,8H2,1-3H3,(H2,20,23)(H,21,22,24). The van der Waals surface area contributed by atoms with Crippen molar-refractivity contribution in [2.45, 2.75) is 31.1 Å². The summed E-state index contributed by atoms with van der Waals surface area (Å²) in [6.07, 6.45) is 0. The molecule has 0 fully saturated rings. The summed E-state index contributed by atoms with van der Waals surface area (Å²) in [5.74, 6) is -0.392. The second-order valence-corrected chi connectivity index (χ2v) is 11.5. The lowest BCUT2D eigenvalue weighted by Crippen LogP contribution is -2.54. The van der Waals surface area contributed by atoms with Crippen LogP contribution in [0.5, 0.6) is 0 Å². The van der Waals surface area contributed by atoms with Gasteiger partial charge in [-0.2, -0.15) is 0 Å². The number of amidine groups is 1. The average Bonchev–Trinajstić information content (AvgIpc) is 2.96. The highest BCUT2D eigenvalue weighted by atomic mass is 35.5. The molecule has 0 aromatic carbocycles. The number of halogens is 2. The number of anilines is 1. The van der Waals surface area contributed by atoms with Crippen LogP contribution >= 0.6 is 34.5 Å². The summed E-state index contributed by atoms with van der Waals surface area (Å²) in [6.45, 7) is 4.69. The van der Waals surface area contributed by atoms with E-state index >= 15 is 0 Å². The van der Waals surface area contributed by atoms with E-state index in [1.165, 1.54) is 19.9 Å². The molecule has 1 atom stereocenters. The first-order chi connectivity index (χ1) is 12.9. The van der Waals surface area contributed by atoms with Crippen molar-refractivity contribution in [2.24, 2.45) is 10.7 Å². The number of aliphatic imine (C=N–C) groups is 1. The van der Waals surface area contributed by atoms with Crippen molar-refractivity contribution in [2.75, 3.05) is 11.1 Å². The molecule has 0 radical (unpaired) electrons. The molecule has 0 spiro atoms. The monoisotopic (exact) mass is 460 g/mol. The number of nitrogens with two attached hydrogens (primary N) is 1. The topological polar surface area (TPSA) is 115 Å². The van der Waals surface area contributed by atoms with Gasteiger partial charge in [0.05, 0.1) is 20.5 Å². The van der Waals surface area contributed by atoms with E-state index in [4.69, 9.17) is 28.9 Å². The number of hydrogen-bond donors (Lipinski definition) is 2. The Bertz CT molecular complexity index is 1100. The number of thiophene rings is 1. The quantitative estimate of drug-likeness (QED) is 0.680. The van der Waals surface area contributed by atoms with Crippen LogP contribution in [0.25, 0.3) is 0 Å². The highest BCUT2D eigenvalue weighted by Gasteiger charge is 2.50. The number of amides is 1. The Hall–Kier alpha value is -1.68. The summed E-state index contributed by atoms with van der Waals surface area (Å²) in [5, 5.41) is 3.13. The zero-order valence-electron chi connectivity index (χ0n) is 15.3. The molecule has 0 aliphatic carbocycles. The Balaban J connectivity index is 1.96. The predicted molar refractivity (Wildman–Crippen MR) is 113 cm³/mol. The molecule has 1 amide bonds. The second kappa shape index (κ2) is 6.98. The molecule has 1 aliphatic heterocycles. The zero-order valence-corrected chi connectivity index (χ0v) is 18.4. The molecule has 0 saturated carbocycles. The second-order valence-electron chi connectivity index (χ2n) is 7.13. The third kappa shape index (κ3) is 3.63. The maximum atomic E-state index is 12.7. The van der Waals surface area contributed by atoms with Gasteiger partial charge in [0.25, 0.3) is 5.91 Å². The van der Waals surface area contributed by atoms with Gasteiger partial charge in [-0.3, -0.25) is 9.79 Å². The van der Waals surface area contributed by atoms with Crippen molar-refractivity contribution in [1.29, 1.82) is 0 Å². The van der Waals surface area contributed by atoms with Crippen molar-refractivity contribution in [3.8, 4) is 0 Å². The Labute approximate surface area is 176 Å². The molecule has 0 bridgehead atoms. The van der Waals surface area contributed by atoms with Crippen LogP contribution in [0.4, 0.5) is 5.82 Å². The lowest BCUT2D eigenvalue weighted by atomic mass is 10.0. The Morgan fingerprint density at radius 3 is 2.57 bits per heavy atom. The van der Waals surface area contributed by atoms with Crippen LogP contribution in [0, 0.1) is 0 Å². The van der Waals surface area contributed by atoms with Crippen LogP contribution in [0.3, 0.4) is 0 Å². The summed E-state index contributed by atoms with van der Waals surface area (Å²) in [7, 11) is -3.58. The molecule has 7 nitrogen and oxygen atoms in total. The van der Waals surface area contributed by atoms with E-state index in [2.05, 4.69) is 15.3 Å². The molecular weight excluding hydrogens is 443 g/mol. The van der Waals surface area contributed by atoms with Crippen LogP contribution in [-0.4, -0.2) is 35.6 Å². The normalized spacial score (nSPS) is 23.1. The van der Waals surface area contributed by atoms with Crippen LogP contribution < -0.4 is 11.1 Å². The van der Waals surface area contributed by atoms with Crippen molar-refractivity contribution in [1.82, 2.24) is 4.98 Å². The van der Waals surface area contributed by atoms with E-state index in [0.29, 0.717) is 15.6 Å². The minimum absolute atomic E-state index is 0.0137. The average molecular weight is 461 g/mol. The summed E-state index contributed by atoms with van der Waals surface area (Å²) >= 11 is 13.2. The van der Waals surface area contributed by atoms with Gasteiger partial charge >= 0.3 is 0 Å². The van der Waals surface area contributed by atoms with Gasteiger partial charge in [0.2, 0.25) is 0 Å². The highest BCUT2D eigenvalue weighted by molar-refractivity contribution is 7.93. The maximum absolute atomic E-state index is 12.7. The third-order valence-electron chi connectivity index (χ3n) is 4.59. The van der Waals surface area contributed by atoms with E-state index in [-0.39, 0.29) is 21.8 Å². The Morgan fingerprint density at radius 1 is 1.29 bits per heavy atom. The summed E-state index contributed by atoms with van der Waals surface area (Å²) < 4.78 is 24.2. The van der Waals surface area contributed by atoms with Crippen LogP contribution in [0.1, 0.15) is 35.3 Å². The number of carbonyl (C=O) groups excluding carboxylic acids is 1. The fourth-order valence-corrected chi connectivity index (χ4v) is 6.22. The van der Waals surface area contributed by atoms with Gasteiger partial charge in [-0.05, 0) is 39.0 Å². The molecule has 11 heteroatoms. The molecule has 3 N–H and O–H groups in total. The molecular formula is C17H18Cl2N4O3S2. The van der Waals surface area contributed by atoms with Gasteiger partial charge in [-0.25, -0.2) is 13.4 Å². The van der Waals surface area contributed by atoms with Crippen LogP contribution in [-0.2, 0) is 15.4 Å². The number of hydrogen-bond acceptors (Lipinski definition) is 7. The summed E-state index contributed by atoms with van der Waals surface area (Å²) in [6, 6.07) is 6.32. The molecule has 3 rings (SSSR count). The SMILES string of the molecule is CC1(c2sc(C(=O)Nc3cccc(Cl)n3)cc2Cl)CS(=O)(=O)C(C)(C)C(N)=N1. The highest BCUT2D eigenvalue weighted by Crippen LogP contribution is 2.43. The number of sulfone groups is 1. The Kier molecular flexibility index (Phi) is 5.24. The van der Waals surface area contributed by atoms with Gasteiger partial charge in [0.15, 0.2) is 9.84 Å². The summed E-state index contributed by atoms with van der Waals surface area (Å²) in [5.41, 5.74) is 4.79. The fraction of sp³-hybridized carbons (Fsp3) is 0.353. The molecule has 0 saturated heterocycles. The smallest absolute Gasteiger partial charge is 0.266 e. The van der Waals surface area contributed by atoms with Crippen molar-refractivity contribution in [3.05, 3.63) is 44.2 Å². The number of pyridine rings is 1. The van der Waals surface area contributed by atoms with E-state index in [1.807, 2.05) is 0 Å². The zero-order chi connectivity index (χ0) is 20.9. The van der Waals surface area contributed by atoms with Crippen molar-refractivity contribution >= 4 is 61.9 Å². The molecule has 2 aromatic rings. The lowest BCUT2D eigenvalue weighted by molar-refractivity contribution is 0.103. The summed E-state index contributed by atoms with van der Waals surface area (Å²) in [4.78, 5) is 21.7. The molecule has 1 unspecified atom stereocenters. The first-order valence-electron chi connectivity index (χ1n) is 8.17. The van der Waals surface area contributed by atoms with Crippen LogP contribution in [0.2, 0.25) is 10.2 Å². The number of nitrogens with zero attached hydrogens (tertiary/aromatic N) is 2. The number of rotatable bonds is 3. The van der Waals surface area contributed by atoms with Gasteiger partial charge in [0.1, 0.15) is 27.1 Å². The molecule has 28 heavy (non-hydrogen) atoms. The third-order valence-corrected chi connectivity index (χ3v) is 9.30. The van der Waals surface area contributed by atoms with Gasteiger partial charge in [-0.1, -0.05) is 29.3 Å². The lowest BCUT2D eigenvalue weighted by Gasteiger charge is -2.37. The molecule has 2 aromatic heterocycles. The van der Waals surface area contributed by atoms with E-state index < -0.39 is 26.0 Å². The maximum Gasteiger partial charge on any atom is 0.266 e. The molecule has 3 heterocycles. The fourth-order valence-electron chi connectivity index (χ4n) is 2.76. The van der Waals surface area contributed by atoms with Gasteiger partial charge < -0.3 is 11.1 Å².